The Kier molecular flexibility index (Phi) is 4.05. The summed E-state index contributed by atoms with van der Waals surface area (Å²) in [6.07, 6.45) is 0.501. The fraction of sp³-hybridized carbons (Fsp3) is 0.579. The van der Waals surface area contributed by atoms with Gasteiger partial charge < -0.3 is 9.84 Å². The van der Waals surface area contributed by atoms with Crippen LogP contribution in [0.4, 0.5) is 9.18 Å². The molecule has 1 saturated carbocycles. The number of fused-ring (bicyclic) bond motifs is 1. The average Bonchev–Trinajstić information content (AvgIpc) is 3.17. The van der Waals surface area contributed by atoms with E-state index in [1.54, 1.807) is 20.8 Å². The molecule has 0 spiro atoms. The molecular weight excluding hydrogens is 325 g/mol. The third kappa shape index (κ3) is 3.34. The first kappa shape index (κ1) is 17.7. The van der Waals surface area contributed by atoms with Gasteiger partial charge in [-0.1, -0.05) is 6.07 Å². The molecule has 1 saturated heterocycles. The fourth-order valence-electron chi connectivity index (χ4n) is 3.91. The number of carboxylic acid groups (broad SMARTS) is 1. The van der Waals surface area contributed by atoms with Gasteiger partial charge in [-0.3, -0.25) is 4.90 Å². The van der Waals surface area contributed by atoms with Gasteiger partial charge in [0.15, 0.2) is 0 Å². The Morgan fingerprint density at radius 3 is 2.56 bits per heavy atom. The van der Waals surface area contributed by atoms with Crippen molar-refractivity contribution in [1.82, 2.24) is 4.90 Å². The highest BCUT2D eigenvalue weighted by atomic mass is 19.1. The first-order valence-electron chi connectivity index (χ1n) is 8.52. The molecule has 1 N–H and O–H groups in total. The summed E-state index contributed by atoms with van der Waals surface area (Å²) in [5, 5.41) is 9.53. The van der Waals surface area contributed by atoms with Crippen LogP contribution in [-0.2, 0) is 14.9 Å². The quantitative estimate of drug-likeness (QED) is 0.888. The number of hydrogen-bond acceptors (Lipinski definition) is 3. The minimum Gasteiger partial charge on any atom is -0.480 e. The number of carbonyl (C=O) groups is 2. The van der Waals surface area contributed by atoms with E-state index in [9.17, 15) is 19.1 Å². The number of amides is 1. The van der Waals surface area contributed by atoms with Gasteiger partial charge in [-0.25, -0.2) is 14.0 Å². The summed E-state index contributed by atoms with van der Waals surface area (Å²) in [5.74, 6) is -1.19. The maximum absolute atomic E-state index is 13.9. The molecule has 2 unspecified atom stereocenters. The molecule has 1 aromatic carbocycles. The molecule has 6 heteroatoms. The lowest BCUT2D eigenvalue weighted by Gasteiger charge is -2.38. The maximum atomic E-state index is 13.9. The topological polar surface area (TPSA) is 66.8 Å². The maximum Gasteiger partial charge on any atom is 0.411 e. The van der Waals surface area contributed by atoms with Crippen LogP contribution in [-0.4, -0.2) is 40.3 Å². The van der Waals surface area contributed by atoms with Crippen molar-refractivity contribution in [2.45, 2.75) is 57.6 Å². The molecule has 2 fully saturated rings. The van der Waals surface area contributed by atoms with Crippen molar-refractivity contribution in [3.63, 3.8) is 0 Å². The average molecular weight is 349 g/mol. The number of piperidine rings is 1. The molecule has 1 amide bonds. The summed E-state index contributed by atoms with van der Waals surface area (Å²) >= 11 is 0. The fourth-order valence-corrected chi connectivity index (χ4v) is 3.91. The van der Waals surface area contributed by atoms with E-state index < -0.39 is 23.7 Å². The van der Waals surface area contributed by atoms with Gasteiger partial charge in [0.1, 0.15) is 17.5 Å². The van der Waals surface area contributed by atoms with Crippen molar-refractivity contribution in [1.29, 1.82) is 0 Å². The van der Waals surface area contributed by atoms with E-state index in [4.69, 9.17) is 4.74 Å². The third-order valence-corrected chi connectivity index (χ3v) is 5.10. The molecular formula is C19H24FNO4. The Hall–Kier alpha value is -2.11. The van der Waals surface area contributed by atoms with Crippen molar-refractivity contribution in [3.05, 3.63) is 35.1 Å². The molecule has 3 atom stereocenters. The highest BCUT2D eigenvalue weighted by molar-refractivity contribution is 5.81. The van der Waals surface area contributed by atoms with E-state index in [1.165, 1.54) is 17.0 Å². The van der Waals surface area contributed by atoms with Crippen molar-refractivity contribution < 1.29 is 23.8 Å². The van der Waals surface area contributed by atoms with Gasteiger partial charge >= 0.3 is 12.1 Å². The first-order chi connectivity index (χ1) is 11.5. The van der Waals surface area contributed by atoms with Crippen molar-refractivity contribution in [2.24, 2.45) is 5.92 Å². The lowest BCUT2D eigenvalue weighted by molar-refractivity contribution is -0.144. The molecule has 136 valence electrons. The zero-order valence-electron chi connectivity index (χ0n) is 15.0. The van der Waals surface area contributed by atoms with Crippen LogP contribution >= 0.6 is 0 Å². The Balaban J connectivity index is 1.91. The summed E-state index contributed by atoms with van der Waals surface area (Å²) < 4.78 is 19.3. The van der Waals surface area contributed by atoms with E-state index >= 15 is 0 Å². The van der Waals surface area contributed by atoms with Gasteiger partial charge in [0.2, 0.25) is 0 Å². The summed E-state index contributed by atoms with van der Waals surface area (Å²) in [6, 6.07) is 4.00. The minimum absolute atomic E-state index is 0.147. The van der Waals surface area contributed by atoms with E-state index in [2.05, 4.69) is 0 Å². The van der Waals surface area contributed by atoms with Crippen LogP contribution in [0.1, 0.15) is 44.7 Å². The van der Waals surface area contributed by atoms with Crippen LogP contribution in [0.2, 0.25) is 0 Å². The Morgan fingerprint density at radius 2 is 2.00 bits per heavy atom. The van der Waals surface area contributed by atoms with Gasteiger partial charge in [0.25, 0.3) is 0 Å². The van der Waals surface area contributed by atoms with Gasteiger partial charge in [-0.2, -0.15) is 0 Å². The van der Waals surface area contributed by atoms with Crippen molar-refractivity contribution in [2.75, 3.05) is 6.54 Å². The smallest absolute Gasteiger partial charge is 0.411 e. The zero-order valence-corrected chi connectivity index (χ0v) is 15.0. The highest BCUT2D eigenvalue weighted by Crippen LogP contribution is 2.60. The molecule has 1 aromatic rings. The first-order valence-corrected chi connectivity index (χ1v) is 8.52. The second kappa shape index (κ2) is 5.71. The third-order valence-electron chi connectivity index (χ3n) is 5.10. The van der Waals surface area contributed by atoms with Crippen LogP contribution in [0.25, 0.3) is 0 Å². The predicted molar refractivity (Wildman–Crippen MR) is 89.9 cm³/mol. The lowest BCUT2D eigenvalue weighted by atomic mass is 9.85. The largest absolute Gasteiger partial charge is 0.480 e. The zero-order chi connectivity index (χ0) is 18.6. The molecule has 0 aromatic heterocycles. The molecule has 1 aliphatic heterocycles. The molecule has 1 heterocycles. The van der Waals surface area contributed by atoms with E-state index in [0.29, 0.717) is 6.42 Å². The number of benzene rings is 1. The molecule has 0 radical (unpaired) electrons. The SMILES string of the molecule is Cc1cc(F)cc([C@]23CC2CC(C(=O)O)N(C(=O)OC(C)(C)C)C3)c1. The van der Waals surface area contributed by atoms with Crippen LogP contribution < -0.4 is 0 Å². The van der Waals surface area contributed by atoms with Gasteiger partial charge in [-0.15, -0.1) is 0 Å². The number of carboxylic acids is 1. The number of carbonyl (C=O) groups excluding carboxylic acids is 1. The molecule has 2 aliphatic rings. The molecule has 25 heavy (non-hydrogen) atoms. The molecule has 5 nitrogen and oxygen atoms in total. The number of likely N-dealkylation sites (tertiary alicyclic amines) is 1. The summed E-state index contributed by atoms with van der Waals surface area (Å²) in [5.41, 5.74) is 0.588. The van der Waals surface area contributed by atoms with Crippen LogP contribution in [0.15, 0.2) is 18.2 Å². The number of hydrogen-bond donors (Lipinski definition) is 1. The Labute approximate surface area is 146 Å². The normalized spacial score (nSPS) is 28.3. The van der Waals surface area contributed by atoms with E-state index in [0.717, 1.165) is 17.5 Å². The molecule has 1 aliphatic carbocycles. The number of aryl methyl sites for hydroxylation is 1. The van der Waals surface area contributed by atoms with Gasteiger partial charge in [0, 0.05) is 12.0 Å². The number of nitrogens with zero attached hydrogens (tertiary/aromatic N) is 1. The highest BCUT2D eigenvalue weighted by Gasteiger charge is 2.62. The van der Waals surface area contributed by atoms with Gasteiger partial charge in [0.05, 0.1) is 0 Å². The van der Waals surface area contributed by atoms with Gasteiger partial charge in [-0.05, 0) is 69.7 Å². The van der Waals surface area contributed by atoms with E-state index in [1.807, 2.05) is 13.0 Å². The number of aliphatic carboxylic acids is 1. The lowest BCUT2D eigenvalue weighted by Crippen LogP contribution is -2.53. The van der Waals surface area contributed by atoms with Crippen molar-refractivity contribution in [3.8, 4) is 0 Å². The molecule has 0 bridgehead atoms. The summed E-state index contributed by atoms with van der Waals surface area (Å²) in [4.78, 5) is 25.5. The van der Waals surface area contributed by atoms with Crippen LogP contribution in [0.5, 0.6) is 0 Å². The van der Waals surface area contributed by atoms with E-state index in [-0.39, 0.29) is 23.7 Å². The Morgan fingerprint density at radius 1 is 1.32 bits per heavy atom. The number of halogens is 1. The predicted octanol–water partition coefficient (Wildman–Crippen LogP) is 3.49. The second-order valence-corrected chi connectivity index (χ2v) is 8.27. The summed E-state index contributed by atoms with van der Waals surface area (Å²) in [6.45, 7) is 7.31. The number of rotatable bonds is 2. The van der Waals surface area contributed by atoms with Crippen molar-refractivity contribution >= 4 is 12.1 Å². The monoisotopic (exact) mass is 349 g/mol. The summed E-state index contributed by atoms with van der Waals surface area (Å²) in [7, 11) is 0. The Bertz CT molecular complexity index is 706. The standard InChI is InChI=1S/C19H24FNO4/c1-11-5-12(7-14(20)6-11)19-9-13(19)8-15(16(22)23)21(10-19)17(24)25-18(2,3)4/h5-7,13,15H,8-10H2,1-4H3,(H,22,23)/t13?,15?,19-/m1/s1. The van der Waals surface area contributed by atoms with Crippen LogP contribution in [0.3, 0.4) is 0 Å². The second-order valence-electron chi connectivity index (χ2n) is 8.27. The minimum atomic E-state index is -1.03. The van der Waals surface area contributed by atoms with Crippen LogP contribution in [0, 0.1) is 18.7 Å². The number of ether oxygens (including phenoxy) is 1. The molecule has 3 rings (SSSR count).